The number of nitrogens with one attached hydrogen (secondary N) is 1. The van der Waals surface area contributed by atoms with Gasteiger partial charge in [-0.2, -0.15) is 14.6 Å². The zero-order valence-corrected chi connectivity index (χ0v) is 18.7. The Morgan fingerprint density at radius 2 is 2.13 bits per heavy atom. The van der Waals surface area contributed by atoms with E-state index >= 15 is 0 Å². The minimum atomic E-state index is -3.61. The summed E-state index contributed by atoms with van der Waals surface area (Å²) < 4.78 is 37.1. The number of aromatic nitrogens is 2. The Morgan fingerprint density at radius 3 is 2.71 bits per heavy atom. The molecule has 2 heterocycles. The summed E-state index contributed by atoms with van der Waals surface area (Å²) in [6.07, 6.45) is 3.59. The van der Waals surface area contributed by atoms with Gasteiger partial charge >= 0.3 is 5.97 Å². The number of benzene rings is 1. The molecule has 0 unspecified atom stereocenters. The zero-order valence-electron chi connectivity index (χ0n) is 15.5. The van der Waals surface area contributed by atoms with Crippen LogP contribution in [0.2, 0.25) is 0 Å². The van der Waals surface area contributed by atoms with Gasteiger partial charge in [-0.25, -0.2) is 13.2 Å². The largest absolute Gasteiger partial charge is 0.457 e. The molecular weight excluding hydrogens is 512 g/mol. The van der Waals surface area contributed by atoms with Crippen molar-refractivity contribution in [3.05, 3.63) is 58.0 Å². The van der Waals surface area contributed by atoms with Gasteiger partial charge in [0.25, 0.3) is 11.1 Å². The van der Waals surface area contributed by atoms with Crippen LogP contribution in [0.15, 0.2) is 56.2 Å². The standard InChI is InChI=1S/C18H11BrN4O6S2/c1-31(26,27)18-22-17(30-23-18)21-15(24)11(9-20)7-10-4-5-13(12(19)8-10)29-16(25)14-3-2-6-28-14/h2-8H,1H3,(H,21,22,23,24)/b11-7-. The van der Waals surface area contributed by atoms with E-state index in [1.807, 2.05) is 0 Å². The summed E-state index contributed by atoms with van der Waals surface area (Å²) in [6.45, 7) is 0. The average molecular weight is 523 g/mol. The van der Waals surface area contributed by atoms with Crippen LogP contribution in [0.1, 0.15) is 16.1 Å². The fourth-order valence-electron chi connectivity index (χ4n) is 2.13. The second-order valence-corrected chi connectivity index (χ2v) is 9.35. The van der Waals surface area contributed by atoms with E-state index < -0.39 is 26.9 Å². The first kappa shape index (κ1) is 22.3. The summed E-state index contributed by atoms with van der Waals surface area (Å²) in [6, 6.07) is 9.34. The van der Waals surface area contributed by atoms with Gasteiger partial charge in [-0.3, -0.25) is 10.1 Å². The van der Waals surface area contributed by atoms with E-state index in [-0.39, 0.29) is 22.2 Å². The van der Waals surface area contributed by atoms with Crippen molar-refractivity contribution in [2.45, 2.75) is 5.16 Å². The lowest BCUT2D eigenvalue weighted by Gasteiger charge is -2.06. The van der Waals surface area contributed by atoms with Crippen LogP contribution in [0.3, 0.4) is 0 Å². The van der Waals surface area contributed by atoms with Gasteiger partial charge in [0.15, 0.2) is 0 Å². The molecule has 3 aromatic rings. The molecule has 0 saturated heterocycles. The minimum Gasteiger partial charge on any atom is -0.457 e. The van der Waals surface area contributed by atoms with Crippen LogP contribution in [0.5, 0.6) is 5.75 Å². The first-order chi connectivity index (χ1) is 14.7. The normalized spacial score (nSPS) is 11.6. The van der Waals surface area contributed by atoms with Crippen molar-refractivity contribution in [3.8, 4) is 11.8 Å². The molecule has 2 aromatic heterocycles. The first-order valence-electron chi connectivity index (χ1n) is 8.19. The van der Waals surface area contributed by atoms with Crippen molar-refractivity contribution in [3.63, 3.8) is 0 Å². The van der Waals surface area contributed by atoms with Crippen molar-refractivity contribution in [1.29, 1.82) is 5.26 Å². The van der Waals surface area contributed by atoms with Crippen LogP contribution in [0, 0.1) is 11.3 Å². The molecular formula is C18H11BrN4O6S2. The molecule has 1 aromatic carbocycles. The molecule has 0 aliphatic heterocycles. The zero-order chi connectivity index (χ0) is 22.6. The summed E-state index contributed by atoms with van der Waals surface area (Å²) >= 11 is 3.94. The molecule has 10 nitrogen and oxygen atoms in total. The molecule has 3 rings (SSSR count). The number of esters is 1. The number of furan rings is 1. The van der Waals surface area contributed by atoms with Crippen LogP contribution < -0.4 is 10.1 Å². The number of hydrogen-bond donors (Lipinski definition) is 1. The molecule has 31 heavy (non-hydrogen) atoms. The van der Waals surface area contributed by atoms with E-state index in [9.17, 15) is 23.3 Å². The first-order valence-corrected chi connectivity index (χ1v) is 11.7. The molecule has 0 aliphatic rings. The average Bonchev–Trinajstić information content (AvgIpc) is 3.39. The SMILES string of the molecule is CS(=O)(=O)c1nsc(NC(=O)/C(C#N)=C\c2ccc(OC(=O)c3ccco3)c(Br)c2)n1. The maximum Gasteiger partial charge on any atom is 0.379 e. The summed E-state index contributed by atoms with van der Waals surface area (Å²) in [5, 5.41) is 11.2. The lowest BCUT2D eigenvalue weighted by Crippen LogP contribution is -2.13. The number of halogens is 1. The van der Waals surface area contributed by atoms with Gasteiger partial charge in [0.2, 0.25) is 20.7 Å². The van der Waals surface area contributed by atoms with Gasteiger partial charge in [-0.05, 0) is 51.8 Å². The van der Waals surface area contributed by atoms with E-state index in [1.54, 1.807) is 18.2 Å². The third kappa shape index (κ3) is 5.63. The smallest absolute Gasteiger partial charge is 0.379 e. The lowest BCUT2D eigenvalue weighted by atomic mass is 10.1. The third-order valence-electron chi connectivity index (χ3n) is 3.52. The Labute approximate surface area is 188 Å². The van der Waals surface area contributed by atoms with E-state index in [2.05, 4.69) is 30.6 Å². The number of ether oxygens (including phenoxy) is 1. The molecule has 13 heteroatoms. The number of nitriles is 1. The quantitative estimate of drug-likeness (QED) is 0.222. The maximum atomic E-state index is 12.3. The van der Waals surface area contributed by atoms with Gasteiger partial charge in [0.05, 0.1) is 10.7 Å². The molecule has 1 amide bonds. The van der Waals surface area contributed by atoms with Crippen LogP contribution in [0.25, 0.3) is 6.08 Å². The fourth-order valence-corrected chi connectivity index (χ4v) is 4.04. The predicted octanol–water partition coefficient (Wildman–Crippen LogP) is 3.06. The number of rotatable bonds is 6. The van der Waals surface area contributed by atoms with Gasteiger partial charge in [-0.1, -0.05) is 6.07 Å². The summed E-state index contributed by atoms with van der Waals surface area (Å²) in [4.78, 5) is 28.0. The highest BCUT2D eigenvalue weighted by atomic mass is 79.9. The molecule has 0 bridgehead atoms. The topological polar surface area (TPSA) is 152 Å². The van der Waals surface area contributed by atoms with Crippen molar-refractivity contribution >= 4 is 60.4 Å². The second-order valence-electron chi connectivity index (χ2n) is 5.83. The number of nitrogens with zero attached hydrogens (tertiary/aromatic N) is 3. The van der Waals surface area contributed by atoms with Crippen LogP contribution in [-0.4, -0.2) is 35.9 Å². The fraction of sp³-hybridized carbons (Fsp3) is 0.0556. The summed E-state index contributed by atoms with van der Waals surface area (Å²) in [7, 11) is -3.61. The number of hydrogen-bond acceptors (Lipinski definition) is 10. The number of anilines is 1. The van der Waals surface area contributed by atoms with Crippen LogP contribution >= 0.6 is 27.5 Å². The highest BCUT2D eigenvalue weighted by molar-refractivity contribution is 9.10. The predicted molar refractivity (Wildman–Crippen MR) is 113 cm³/mol. The summed E-state index contributed by atoms with van der Waals surface area (Å²) in [5.41, 5.74) is 0.203. The van der Waals surface area contributed by atoms with Crippen molar-refractivity contribution in [2.75, 3.05) is 11.6 Å². The maximum absolute atomic E-state index is 12.3. The molecule has 0 aliphatic carbocycles. The Balaban J connectivity index is 1.75. The van der Waals surface area contributed by atoms with Crippen LogP contribution in [-0.2, 0) is 14.6 Å². The number of amides is 1. The van der Waals surface area contributed by atoms with Crippen molar-refractivity contribution < 1.29 is 27.2 Å². The van der Waals surface area contributed by atoms with E-state index in [4.69, 9.17) is 9.15 Å². The monoisotopic (exact) mass is 522 g/mol. The van der Waals surface area contributed by atoms with E-state index in [0.717, 1.165) is 6.26 Å². The van der Waals surface area contributed by atoms with Gasteiger partial charge in [0, 0.05) is 17.8 Å². The Hall–Kier alpha value is -3.34. The minimum absolute atomic E-state index is 0.0371. The Kier molecular flexibility index (Phi) is 6.64. The molecule has 0 spiro atoms. The van der Waals surface area contributed by atoms with E-state index in [0.29, 0.717) is 21.6 Å². The summed E-state index contributed by atoms with van der Waals surface area (Å²) in [5.74, 6) is -1.22. The molecule has 0 fully saturated rings. The number of carbonyl (C=O) groups is 2. The molecule has 0 atom stereocenters. The molecule has 158 valence electrons. The highest BCUT2D eigenvalue weighted by Crippen LogP contribution is 2.28. The van der Waals surface area contributed by atoms with Gasteiger partial charge in [0.1, 0.15) is 17.4 Å². The number of carbonyl (C=O) groups excluding carboxylic acids is 2. The lowest BCUT2D eigenvalue weighted by molar-refractivity contribution is -0.112. The number of sulfone groups is 1. The molecule has 1 N–H and O–H groups in total. The third-order valence-corrected chi connectivity index (χ3v) is 5.73. The van der Waals surface area contributed by atoms with Crippen LogP contribution in [0.4, 0.5) is 5.13 Å². The van der Waals surface area contributed by atoms with Gasteiger partial charge in [-0.15, -0.1) is 0 Å². The van der Waals surface area contributed by atoms with Crippen molar-refractivity contribution in [1.82, 2.24) is 9.36 Å². The highest BCUT2D eigenvalue weighted by Gasteiger charge is 2.18. The van der Waals surface area contributed by atoms with Gasteiger partial charge < -0.3 is 9.15 Å². The van der Waals surface area contributed by atoms with E-state index in [1.165, 1.54) is 30.5 Å². The molecule has 0 radical (unpaired) electrons. The Morgan fingerprint density at radius 1 is 1.35 bits per heavy atom. The molecule has 0 saturated carbocycles. The van der Waals surface area contributed by atoms with Crippen molar-refractivity contribution in [2.24, 2.45) is 0 Å². The Bertz CT molecular complexity index is 1320. The second kappa shape index (κ2) is 9.21.